The number of nitrogens with zero attached hydrogens (tertiary/aromatic N) is 1. The zero-order chi connectivity index (χ0) is 11.9. The molecule has 1 N–H and O–H groups in total. The molecule has 1 saturated heterocycles. The van der Waals surface area contributed by atoms with Gasteiger partial charge in [0, 0.05) is 11.5 Å². The lowest BCUT2D eigenvalue weighted by Crippen LogP contribution is -2.50. The summed E-state index contributed by atoms with van der Waals surface area (Å²) in [4.78, 5) is 13.0. The van der Waals surface area contributed by atoms with Crippen molar-refractivity contribution in [2.75, 3.05) is 7.05 Å². The maximum atomic E-state index is 12.1. The SMILES string of the molecule is C[C@@H]1C[C@@]23CC2(C3NC(=O)C(F)(F)F)N1C. The molecule has 0 aromatic heterocycles. The molecule has 0 radical (unpaired) electrons. The number of carbonyl (C=O) groups excluding carboxylic acids is 1. The average Bonchev–Trinajstić information content (AvgIpc) is 2.91. The van der Waals surface area contributed by atoms with Crippen LogP contribution in [0, 0.1) is 5.41 Å². The molecule has 3 fully saturated rings. The Morgan fingerprint density at radius 1 is 1.50 bits per heavy atom. The third kappa shape index (κ3) is 0.885. The van der Waals surface area contributed by atoms with Crippen LogP contribution in [0.2, 0.25) is 0 Å². The molecular formula is C10H13F3N2O. The van der Waals surface area contributed by atoms with Gasteiger partial charge in [0.05, 0.1) is 11.6 Å². The number of piperidine rings is 2. The lowest BCUT2D eigenvalue weighted by atomic mass is 9.99. The number of rotatable bonds is 1. The molecule has 16 heavy (non-hydrogen) atoms. The summed E-state index contributed by atoms with van der Waals surface area (Å²) in [6.45, 7) is 2.07. The first-order valence-corrected chi connectivity index (χ1v) is 5.36. The van der Waals surface area contributed by atoms with E-state index in [1.807, 2.05) is 7.05 Å². The van der Waals surface area contributed by atoms with E-state index in [1.54, 1.807) is 0 Å². The van der Waals surface area contributed by atoms with Crippen LogP contribution in [0.15, 0.2) is 0 Å². The van der Waals surface area contributed by atoms with Gasteiger partial charge in [-0.1, -0.05) is 0 Å². The van der Waals surface area contributed by atoms with E-state index < -0.39 is 12.1 Å². The second-order valence-corrected chi connectivity index (χ2v) is 5.33. The Hall–Kier alpha value is -0.780. The van der Waals surface area contributed by atoms with Gasteiger partial charge in [-0.3, -0.25) is 9.69 Å². The molecule has 1 heterocycles. The lowest BCUT2D eigenvalue weighted by molar-refractivity contribution is -0.174. The Morgan fingerprint density at radius 2 is 2.12 bits per heavy atom. The van der Waals surface area contributed by atoms with E-state index in [2.05, 4.69) is 17.1 Å². The molecule has 0 spiro atoms. The smallest absolute Gasteiger partial charge is 0.343 e. The number of halogens is 3. The van der Waals surface area contributed by atoms with Gasteiger partial charge in [0.25, 0.3) is 0 Å². The van der Waals surface area contributed by atoms with Gasteiger partial charge in [0.15, 0.2) is 0 Å². The fraction of sp³-hybridized carbons (Fsp3) is 0.900. The fourth-order valence-electron chi connectivity index (χ4n) is 3.73. The molecule has 0 aromatic rings. The third-order valence-corrected chi connectivity index (χ3v) is 4.75. The Bertz CT molecular complexity index is 383. The highest BCUT2D eigenvalue weighted by atomic mass is 19.4. The van der Waals surface area contributed by atoms with Crippen LogP contribution < -0.4 is 5.32 Å². The van der Waals surface area contributed by atoms with Crippen LogP contribution in [0.25, 0.3) is 0 Å². The molecule has 3 aliphatic rings. The number of alkyl halides is 3. The van der Waals surface area contributed by atoms with Crippen LogP contribution in [0.1, 0.15) is 19.8 Å². The van der Waals surface area contributed by atoms with Gasteiger partial charge in [0.2, 0.25) is 0 Å². The summed E-state index contributed by atoms with van der Waals surface area (Å²) in [5.74, 6) is -1.80. The molecule has 6 heteroatoms. The summed E-state index contributed by atoms with van der Waals surface area (Å²) in [6, 6.07) is 0.128. The number of likely N-dealkylation sites (N-methyl/N-ethyl adjacent to an activating group) is 1. The average molecular weight is 234 g/mol. The predicted molar refractivity (Wildman–Crippen MR) is 49.6 cm³/mol. The first kappa shape index (κ1) is 10.4. The largest absolute Gasteiger partial charge is 0.471 e. The number of hydrogen-bond acceptors (Lipinski definition) is 2. The molecule has 0 aromatic carbocycles. The Morgan fingerprint density at radius 3 is 2.56 bits per heavy atom. The highest BCUT2D eigenvalue weighted by Crippen LogP contribution is 2.86. The Labute approximate surface area is 91.0 Å². The summed E-state index contributed by atoms with van der Waals surface area (Å²) < 4.78 is 36.3. The van der Waals surface area contributed by atoms with Gasteiger partial charge >= 0.3 is 12.1 Å². The highest BCUT2D eigenvalue weighted by Gasteiger charge is 2.96. The normalized spacial score (nSPS) is 49.6. The molecule has 0 bridgehead atoms. The molecule has 2 saturated carbocycles. The van der Waals surface area contributed by atoms with Crippen molar-refractivity contribution in [2.45, 2.75) is 43.6 Å². The highest BCUT2D eigenvalue weighted by molar-refractivity contribution is 5.83. The van der Waals surface area contributed by atoms with E-state index in [0.717, 1.165) is 12.8 Å². The van der Waals surface area contributed by atoms with Crippen molar-refractivity contribution >= 4 is 5.91 Å². The number of hydrogen-bond donors (Lipinski definition) is 1. The maximum absolute atomic E-state index is 12.1. The van der Waals surface area contributed by atoms with Crippen LogP contribution in [0.3, 0.4) is 0 Å². The number of likely N-dealkylation sites (tertiary alicyclic amines) is 1. The van der Waals surface area contributed by atoms with E-state index in [9.17, 15) is 18.0 Å². The topological polar surface area (TPSA) is 32.3 Å². The van der Waals surface area contributed by atoms with Gasteiger partial charge in [-0.05, 0) is 26.8 Å². The third-order valence-electron chi connectivity index (χ3n) is 4.75. The number of nitrogens with one attached hydrogen (secondary N) is 1. The van der Waals surface area contributed by atoms with Crippen LogP contribution in [-0.2, 0) is 4.79 Å². The minimum atomic E-state index is -4.76. The first-order chi connectivity index (χ1) is 7.26. The van der Waals surface area contributed by atoms with Gasteiger partial charge < -0.3 is 5.32 Å². The van der Waals surface area contributed by atoms with Crippen molar-refractivity contribution < 1.29 is 18.0 Å². The summed E-state index contributed by atoms with van der Waals surface area (Å²) >= 11 is 0. The quantitative estimate of drug-likeness (QED) is 0.731. The van der Waals surface area contributed by atoms with Crippen molar-refractivity contribution in [3.05, 3.63) is 0 Å². The summed E-state index contributed by atoms with van der Waals surface area (Å²) in [6.07, 6.45) is -2.93. The second kappa shape index (κ2) is 2.39. The predicted octanol–water partition coefficient (Wildman–Crippen LogP) is 0.900. The summed E-state index contributed by atoms with van der Waals surface area (Å²) in [7, 11) is 1.93. The zero-order valence-electron chi connectivity index (χ0n) is 9.06. The maximum Gasteiger partial charge on any atom is 0.471 e. The van der Waals surface area contributed by atoms with Crippen LogP contribution in [-0.4, -0.2) is 41.7 Å². The van der Waals surface area contributed by atoms with Crippen molar-refractivity contribution in [3.63, 3.8) is 0 Å². The van der Waals surface area contributed by atoms with Gasteiger partial charge in [0.1, 0.15) is 0 Å². The lowest BCUT2D eigenvalue weighted by Gasteiger charge is -2.32. The monoisotopic (exact) mass is 234 g/mol. The van der Waals surface area contributed by atoms with Crippen molar-refractivity contribution in [2.24, 2.45) is 5.41 Å². The van der Waals surface area contributed by atoms with Gasteiger partial charge in [-0.25, -0.2) is 0 Å². The second-order valence-electron chi connectivity index (χ2n) is 5.33. The molecule has 3 nitrogen and oxygen atoms in total. The number of amides is 1. The van der Waals surface area contributed by atoms with Crippen LogP contribution >= 0.6 is 0 Å². The molecule has 4 atom stereocenters. The van der Waals surface area contributed by atoms with Gasteiger partial charge in [-0.15, -0.1) is 0 Å². The van der Waals surface area contributed by atoms with Crippen molar-refractivity contribution in [1.29, 1.82) is 0 Å². The number of carbonyl (C=O) groups is 1. The molecule has 3 rings (SSSR count). The van der Waals surface area contributed by atoms with E-state index in [1.165, 1.54) is 0 Å². The molecular weight excluding hydrogens is 221 g/mol. The standard InChI is InChI=1S/C10H13F3N2O/c1-5-3-8-4-9(8,15(5)2)6(8)14-7(16)10(11,12)13/h5-6H,3-4H2,1-2H3,(H,14,16)/t5-,6?,8+,9?/m1/s1. The summed E-state index contributed by atoms with van der Waals surface area (Å²) in [5, 5.41) is 2.12. The first-order valence-electron chi connectivity index (χ1n) is 5.36. The van der Waals surface area contributed by atoms with Gasteiger partial charge in [-0.2, -0.15) is 13.2 Å². The minimum absolute atomic E-state index is 0.0396. The Balaban J connectivity index is 1.69. The Kier molecular flexibility index (Phi) is 1.55. The molecule has 1 aliphatic heterocycles. The summed E-state index contributed by atoms with van der Waals surface area (Å²) in [5.41, 5.74) is -0.185. The molecule has 90 valence electrons. The fourth-order valence-corrected chi connectivity index (χ4v) is 3.73. The van der Waals surface area contributed by atoms with Crippen molar-refractivity contribution in [3.8, 4) is 0 Å². The van der Waals surface area contributed by atoms with Crippen LogP contribution in [0.5, 0.6) is 0 Å². The van der Waals surface area contributed by atoms with E-state index in [-0.39, 0.29) is 17.0 Å². The van der Waals surface area contributed by atoms with Crippen LogP contribution in [0.4, 0.5) is 13.2 Å². The van der Waals surface area contributed by atoms with E-state index in [4.69, 9.17) is 0 Å². The van der Waals surface area contributed by atoms with E-state index >= 15 is 0 Å². The minimum Gasteiger partial charge on any atom is -0.343 e. The zero-order valence-corrected chi connectivity index (χ0v) is 9.06. The molecule has 1 amide bonds. The molecule has 2 unspecified atom stereocenters. The van der Waals surface area contributed by atoms with Crippen molar-refractivity contribution in [1.82, 2.24) is 10.2 Å². The molecule has 2 aliphatic carbocycles. The van der Waals surface area contributed by atoms with E-state index in [0.29, 0.717) is 6.04 Å².